The van der Waals surface area contributed by atoms with Crippen LogP contribution in [0.2, 0.25) is 0 Å². The quantitative estimate of drug-likeness (QED) is 0.865. The van der Waals surface area contributed by atoms with Crippen molar-refractivity contribution < 1.29 is 9.53 Å². The molecule has 88 valence electrons. The van der Waals surface area contributed by atoms with Gasteiger partial charge in [0.15, 0.2) is 5.69 Å². The fourth-order valence-corrected chi connectivity index (χ4v) is 1.54. The van der Waals surface area contributed by atoms with E-state index in [9.17, 15) is 4.79 Å². The van der Waals surface area contributed by atoms with Gasteiger partial charge in [-0.05, 0) is 48.8 Å². The molecule has 0 unspecified atom stereocenters. The van der Waals surface area contributed by atoms with Gasteiger partial charge in [0.05, 0.1) is 11.1 Å². The molecule has 1 heterocycles. The molecule has 0 fully saturated rings. The molecule has 0 bridgehead atoms. The van der Waals surface area contributed by atoms with Crippen LogP contribution in [0.15, 0.2) is 16.6 Å². The number of halogens is 1. The van der Waals surface area contributed by atoms with E-state index in [1.165, 1.54) is 0 Å². The summed E-state index contributed by atoms with van der Waals surface area (Å²) in [5.74, 6) is 0.253. The van der Waals surface area contributed by atoms with Crippen LogP contribution in [0.25, 0.3) is 0 Å². The molecule has 0 amide bonds. The number of carbonyl (C=O) groups is 1. The van der Waals surface area contributed by atoms with Crippen LogP contribution in [-0.4, -0.2) is 23.6 Å². The molecule has 5 heteroatoms. The van der Waals surface area contributed by atoms with E-state index in [-0.39, 0.29) is 6.04 Å². The van der Waals surface area contributed by atoms with Crippen LogP contribution in [0.4, 0.5) is 5.82 Å². The number of carbonyl (C=O) groups excluding carboxylic acids is 1. The molecule has 1 aromatic heterocycles. The fourth-order valence-electron chi connectivity index (χ4n) is 1.16. The van der Waals surface area contributed by atoms with Crippen LogP contribution in [0.3, 0.4) is 0 Å². The molecule has 1 N–H and O–H groups in total. The second kappa shape index (κ2) is 5.84. The maximum absolute atomic E-state index is 11.6. The van der Waals surface area contributed by atoms with Crippen molar-refractivity contribution in [2.24, 2.45) is 0 Å². The third-order valence-electron chi connectivity index (χ3n) is 1.75. The van der Waals surface area contributed by atoms with Gasteiger partial charge in [-0.3, -0.25) is 0 Å². The standard InChI is InChI=1S/C11H15BrN2O2/c1-4-16-11(15)10-8(12)5-6-9(14-10)13-7(2)3/h5-7H,4H2,1-3H3,(H,13,14). The van der Waals surface area contributed by atoms with Gasteiger partial charge in [0.1, 0.15) is 5.82 Å². The first-order valence-electron chi connectivity index (χ1n) is 5.14. The summed E-state index contributed by atoms with van der Waals surface area (Å²) in [4.78, 5) is 15.8. The number of anilines is 1. The minimum Gasteiger partial charge on any atom is -0.461 e. The Morgan fingerprint density at radius 2 is 2.25 bits per heavy atom. The monoisotopic (exact) mass is 286 g/mol. The van der Waals surface area contributed by atoms with Gasteiger partial charge in [0, 0.05) is 6.04 Å². The number of nitrogens with one attached hydrogen (secondary N) is 1. The van der Waals surface area contributed by atoms with Crippen molar-refractivity contribution in [3.63, 3.8) is 0 Å². The smallest absolute Gasteiger partial charge is 0.358 e. The Morgan fingerprint density at radius 1 is 1.56 bits per heavy atom. The van der Waals surface area contributed by atoms with E-state index >= 15 is 0 Å². The van der Waals surface area contributed by atoms with E-state index in [2.05, 4.69) is 26.2 Å². The topological polar surface area (TPSA) is 51.2 Å². The summed E-state index contributed by atoms with van der Waals surface area (Å²) in [5, 5.41) is 3.13. The largest absolute Gasteiger partial charge is 0.461 e. The highest BCUT2D eigenvalue weighted by atomic mass is 79.9. The van der Waals surface area contributed by atoms with E-state index in [0.717, 1.165) is 0 Å². The van der Waals surface area contributed by atoms with Gasteiger partial charge in [-0.1, -0.05) is 0 Å². The summed E-state index contributed by atoms with van der Waals surface area (Å²) in [7, 11) is 0. The number of esters is 1. The number of hydrogen-bond acceptors (Lipinski definition) is 4. The first kappa shape index (κ1) is 13.0. The van der Waals surface area contributed by atoms with Crippen LogP contribution >= 0.6 is 15.9 Å². The molecule has 16 heavy (non-hydrogen) atoms. The average molecular weight is 287 g/mol. The van der Waals surface area contributed by atoms with Crippen molar-refractivity contribution in [1.29, 1.82) is 0 Å². The van der Waals surface area contributed by atoms with Crippen LogP contribution in [0, 0.1) is 0 Å². The Labute approximate surface area is 104 Å². The van der Waals surface area contributed by atoms with E-state index in [1.54, 1.807) is 13.0 Å². The van der Waals surface area contributed by atoms with Gasteiger partial charge >= 0.3 is 5.97 Å². The number of rotatable bonds is 4. The molecule has 0 atom stereocenters. The minimum atomic E-state index is -0.415. The summed E-state index contributed by atoms with van der Waals surface area (Å²) >= 11 is 3.28. The molecule has 1 rings (SSSR count). The Balaban J connectivity index is 2.94. The summed E-state index contributed by atoms with van der Waals surface area (Å²) in [6.45, 7) is 6.12. The van der Waals surface area contributed by atoms with E-state index in [1.807, 2.05) is 19.9 Å². The van der Waals surface area contributed by atoms with Crippen molar-refractivity contribution in [3.05, 3.63) is 22.3 Å². The molecule has 0 aliphatic rings. The van der Waals surface area contributed by atoms with Crippen LogP contribution in [0.1, 0.15) is 31.3 Å². The third-order valence-corrected chi connectivity index (χ3v) is 2.39. The second-order valence-electron chi connectivity index (χ2n) is 3.55. The lowest BCUT2D eigenvalue weighted by Gasteiger charge is -2.10. The number of aromatic nitrogens is 1. The fraction of sp³-hybridized carbons (Fsp3) is 0.455. The zero-order valence-electron chi connectivity index (χ0n) is 9.58. The van der Waals surface area contributed by atoms with Crippen molar-refractivity contribution >= 4 is 27.7 Å². The van der Waals surface area contributed by atoms with Crippen molar-refractivity contribution in [2.45, 2.75) is 26.8 Å². The van der Waals surface area contributed by atoms with Gasteiger partial charge in [-0.25, -0.2) is 9.78 Å². The lowest BCUT2D eigenvalue weighted by atomic mass is 10.3. The number of nitrogens with zero attached hydrogens (tertiary/aromatic N) is 1. The van der Waals surface area contributed by atoms with Crippen molar-refractivity contribution in [2.75, 3.05) is 11.9 Å². The summed E-state index contributed by atoms with van der Waals surface area (Å²) in [6.07, 6.45) is 0. The van der Waals surface area contributed by atoms with Gasteiger partial charge in [-0.15, -0.1) is 0 Å². The maximum Gasteiger partial charge on any atom is 0.358 e. The van der Waals surface area contributed by atoms with Gasteiger partial charge in [0.2, 0.25) is 0 Å². The molecule has 0 spiro atoms. The van der Waals surface area contributed by atoms with E-state index in [4.69, 9.17) is 4.74 Å². The summed E-state index contributed by atoms with van der Waals surface area (Å²) in [5.41, 5.74) is 0.299. The van der Waals surface area contributed by atoms with Crippen LogP contribution in [0.5, 0.6) is 0 Å². The molecule has 0 aromatic carbocycles. The van der Waals surface area contributed by atoms with Gasteiger partial charge in [0.25, 0.3) is 0 Å². The third kappa shape index (κ3) is 3.48. The SMILES string of the molecule is CCOC(=O)c1nc(NC(C)C)ccc1Br. The summed E-state index contributed by atoms with van der Waals surface area (Å²) in [6, 6.07) is 3.86. The first-order valence-corrected chi connectivity index (χ1v) is 5.94. The average Bonchev–Trinajstić information content (AvgIpc) is 2.20. The number of hydrogen-bond donors (Lipinski definition) is 1. The Morgan fingerprint density at radius 3 is 2.81 bits per heavy atom. The Hall–Kier alpha value is -1.10. The molecule has 0 aliphatic carbocycles. The molecule has 0 saturated heterocycles. The van der Waals surface area contributed by atoms with E-state index in [0.29, 0.717) is 22.6 Å². The lowest BCUT2D eigenvalue weighted by Crippen LogP contribution is -2.14. The molecule has 0 aliphatic heterocycles. The number of ether oxygens (including phenoxy) is 1. The second-order valence-corrected chi connectivity index (χ2v) is 4.40. The maximum atomic E-state index is 11.6. The molecular formula is C11H15BrN2O2. The van der Waals surface area contributed by atoms with Crippen molar-refractivity contribution in [1.82, 2.24) is 4.98 Å². The number of pyridine rings is 1. The first-order chi connectivity index (χ1) is 7.54. The minimum absolute atomic E-state index is 0.267. The molecule has 4 nitrogen and oxygen atoms in total. The highest BCUT2D eigenvalue weighted by Crippen LogP contribution is 2.18. The van der Waals surface area contributed by atoms with Crippen LogP contribution in [-0.2, 0) is 4.74 Å². The van der Waals surface area contributed by atoms with Crippen LogP contribution < -0.4 is 5.32 Å². The zero-order chi connectivity index (χ0) is 12.1. The molecular weight excluding hydrogens is 272 g/mol. The van der Waals surface area contributed by atoms with Gasteiger partial charge in [-0.2, -0.15) is 0 Å². The van der Waals surface area contributed by atoms with E-state index < -0.39 is 5.97 Å². The Kier molecular flexibility index (Phi) is 4.73. The molecule has 1 aromatic rings. The normalized spacial score (nSPS) is 10.3. The highest BCUT2D eigenvalue weighted by Gasteiger charge is 2.13. The molecule has 0 saturated carbocycles. The summed E-state index contributed by atoms with van der Waals surface area (Å²) < 4.78 is 5.55. The van der Waals surface area contributed by atoms with Gasteiger partial charge < -0.3 is 10.1 Å². The predicted molar refractivity (Wildman–Crippen MR) is 66.7 cm³/mol. The molecule has 0 radical (unpaired) electrons. The Bertz CT molecular complexity index is 380. The highest BCUT2D eigenvalue weighted by molar-refractivity contribution is 9.10. The predicted octanol–water partition coefficient (Wildman–Crippen LogP) is 2.84. The zero-order valence-corrected chi connectivity index (χ0v) is 11.2. The lowest BCUT2D eigenvalue weighted by molar-refractivity contribution is 0.0518. The van der Waals surface area contributed by atoms with Crippen molar-refractivity contribution in [3.8, 4) is 0 Å².